The van der Waals surface area contributed by atoms with Gasteiger partial charge in [0.2, 0.25) is 0 Å². The van der Waals surface area contributed by atoms with Gasteiger partial charge in [-0.05, 0) is 23.8 Å². The Bertz CT molecular complexity index is 836. The van der Waals surface area contributed by atoms with Crippen molar-refractivity contribution in [3.05, 3.63) is 74.6 Å². The van der Waals surface area contributed by atoms with Crippen LogP contribution in [-0.4, -0.2) is 8.42 Å². The lowest BCUT2D eigenvalue weighted by molar-refractivity contribution is 0.451. The van der Waals surface area contributed by atoms with Gasteiger partial charge in [-0.15, -0.1) is 0 Å². The molecule has 0 atom stereocenters. The molecule has 0 spiro atoms. The molecule has 0 bridgehead atoms. The first kappa shape index (κ1) is 17.7. The second-order valence-corrected chi connectivity index (χ2v) is 7.42. The Kier molecular flexibility index (Phi) is 5.26. The molecule has 2 aromatic carbocycles. The van der Waals surface area contributed by atoms with Crippen molar-refractivity contribution in [3.8, 4) is 0 Å². The molecule has 0 N–H and O–H groups in total. The van der Waals surface area contributed by atoms with Gasteiger partial charge in [-0.2, -0.15) is 0 Å². The highest BCUT2D eigenvalue weighted by atomic mass is 79.9. The highest BCUT2D eigenvalue weighted by molar-refractivity contribution is 9.10. The van der Waals surface area contributed by atoms with Crippen molar-refractivity contribution in [2.75, 3.05) is 0 Å². The zero-order valence-corrected chi connectivity index (χ0v) is 13.8. The monoisotopic (exact) mass is 408 g/mol. The van der Waals surface area contributed by atoms with Crippen molar-refractivity contribution in [2.24, 2.45) is 0 Å². The summed E-state index contributed by atoms with van der Waals surface area (Å²) in [6.07, 6.45) is 0.505. The summed E-state index contributed by atoms with van der Waals surface area (Å²) in [7, 11) is -3.88. The van der Waals surface area contributed by atoms with Gasteiger partial charge in [0.1, 0.15) is 0 Å². The quantitative estimate of drug-likeness (QED) is 0.547. The Hall–Kier alpha value is -1.67. The molecule has 0 radical (unpaired) electrons. The lowest BCUT2D eigenvalue weighted by Gasteiger charge is -2.03. The smallest absolute Gasteiger partial charge is 0.175 e. The van der Waals surface area contributed by atoms with Crippen LogP contribution in [0.25, 0.3) is 6.08 Å². The van der Waals surface area contributed by atoms with Crippen LogP contribution in [0.15, 0.2) is 40.2 Å². The highest BCUT2D eigenvalue weighted by Gasteiger charge is 2.18. The Morgan fingerprint density at radius 2 is 1.48 bits per heavy atom. The van der Waals surface area contributed by atoms with Gasteiger partial charge in [0.25, 0.3) is 0 Å². The first-order valence-corrected chi connectivity index (χ1v) is 8.69. The zero-order valence-electron chi connectivity index (χ0n) is 11.4. The summed E-state index contributed by atoms with van der Waals surface area (Å²) in [5.74, 6) is -6.93. The van der Waals surface area contributed by atoms with Crippen molar-refractivity contribution < 1.29 is 26.0 Å². The number of hydrogen-bond acceptors (Lipinski definition) is 2. The number of rotatable bonds is 4. The molecule has 122 valence electrons. The third kappa shape index (κ3) is 4.42. The molecule has 0 aliphatic heterocycles. The van der Waals surface area contributed by atoms with Crippen molar-refractivity contribution >= 4 is 31.8 Å². The molecule has 0 fully saturated rings. The van der Waals surface area contributed by atoms with E-state index in [2.05, 4.69) is 15.9 Å². The number of halogens is 5. The van der Waals surface area contributed by atoms with Crippen molar-refractivity contribution in [1.29, 1.82) is 0 Å². The number of hydrogen-bond donors (Lipinski definition) is 0. The molecule has 2 rings (SSSR count). The molecule has 0 aliphatic rings. The molecule has 0 unspecified atom stereocenters. The summed E-state index contributed by atoms with van der Waals surface area (Å²) in [5, 5.41) is 0.523. The highest BCUT2D eigenvalue weighted by Crippen LogP contribution is 2.21. The van der Waals surface area contributed by atoms with Crippen LogP contribution in [0.2, 0.25) is 0 Å². The average molecular weight is 409 g/mol. The van der Waals surface area contributed by atoms with Gasteiger partial charge in [0, 0.05) is 15.9 Å². The van der Waals surface area contributed by atoms with Crippen molar-refractivity contribution in [2.45, 2.75) is 5.75 Å². The van der Waals surface area contributed by atoms with E-state index in [1.807, 2.05) is 0 Å². The van der Waals surface area contributed by atoms with Crippen LogP contribution >= 0.6 is 15.9 Å². The summed E-state index contributed by atoms with van der Waals surface area (Å²) in [5.41, 5.74) is -0.633. The predicted molar refractivity (Wildman–Crippen MR) is 82.1 cm³/mol. The SMILES string of the molecule is O=S(=O)(C=Cc1c(F)c(F)cc(F)c1F)Cc1ccc(Br)cc1. The summed E-state index contributed by atoms with van der Waals surface area (Å²) in [6.45, 7) is 0. The molecule has 0 heterocycles. The first-order chi connectivity index (χ1) is 10.7. The third-order valence-electron chi connectivity index (χ3n) is 2.87. The van der Waals surface area contributed by atoms with Gasteiger partial charge >= 0.3 is 0 Å². The van der Waals surface area contributed by atoms with E-state index in [9.17, 15) is 26.0 Å². The molecule has 0 amide bonds. The molecule has 2 nitrogen and oxygen atoms in total. The van der Waals surface area contributed by atoms with Gasteiger partial charge in [0.15, 0.2) is 33.1 Å². The van der Waals surface area contributed by atoms with Gasteiger partial charge < -0.3 is 0 Å². The van der Waals surface area contributed by atoms with E-state index in [0.717, 1.165) is 4.47 Å². The second-order valence-electron chi connectivity index (χ2n) is 4.62. The first-order valence-electron chi connectivity index (χ1n) is 6.18. The van der Waals surface area contributed by atoms with Crippen LogP contribution in [-0.2, 0) is 15.6 Å². The fourth-order valence-corrected chi connectivity index (χ4v) is 3.13. The second kappa shape index (κ2) is 6.84. The molecule has 0 saturated carbocycles. The maximum atomic E-state index is 13.5. The molecule has 23 heavy (non-hydrogen) atoms. The largest absolute Gasteiger partial charge is 0.224 e. The minimum Gasteiger partial charge on any atom is -0.224 e. The van der Waals surface area contributed by atoms with E-state index < -0.39 is 44.4 Å². The molecular formula is C15H9BrF4O2S. The van der Waals surface area contributed by atoms with E-state index >= 15 is 0 Å². The van der Waals surface area contributed by atoms with Crippen LogP contribution < -0.4 is 0 Å². The van der Waals surface area contributed by atoms with Crippen LogP contribution in [0.5, 0.6) is 0 Å². The lowest BCUT2D eigenvalue weighted by atomic mass is 10.2. The minimum atomic E-state index is -3.88. The number of sulfone groups is 1. The number of benzene rings is 2. The topological polar surface area (TPSA) is 34.1 Å². The molecule has 2 aromatic rings. The van der Waals surface area contributed by atoms with E-state index in [-0.39, 0.29) is 6.07 Å². The fourth-order valence-electron chi connectivity index (χ4n) is 1.77. The van der Waals surface area contributed by atoms with Crippen molar-refractivity contribution in [3.63, 3.8) is 0 Å². The van der Waals surface area contributed by atoms with Crippen LogP contribution in [0, 0.1) is 23.3 Å². The standard InChI is InChI=1S/C15H9BrF4O2S/c16-10-3-1-9(2-4-10)8-23(21,22)6-5-11-14(19)12(17)7-13(18)15(11)20/h1-7H,8H2. The Morgan fingerprint density at radius 3 is 2.00 bits per heavy atom. The Balaban J connectivity index is 2.30. The third-order valence-corrected chi connectivity index (χ3v) is 4.68. The van der Waals surface area contributed by atoms with E-state index in [4.69, 9.17) is 0 Å². The minimum absolute atomic E-state index is 0.0539. The zero-order chi connectivity index (χ0) is 17.2. The molecule has 0 saturated heterocycles. The van der Waals surface area contributed by atoms with Crippen LogP contribution in [0.3, 0.4) is 0 Å². The Morgan fingerprint density at radius 1 is 0.957 bits per heavy atom. The molecule has 0 aliphatic carbocycles. The normalized spacial score (nSPS) is 12.0. The maximum absolute atomic E-state index is 13.5. The van der Waals surface area contributed by atoms with Gasteiger partial charge in [0.05, 0.1) is 11.3 Å². The lowest BCUT2D eigenvalue weighted by Crippen LogP contribution is -2.02. The molecule has 8 heteroatoms. The van der Waals surface area contributed by atoms with Gasteiger partial charge in [-0.1, -0.05) is 28.1 Å². The van der Waals surface area contributed by atoms with Crippen LogP contribution in [0.4, 0.5) is 17.6 Å². The average Bonchev–Trinajstić information content (AvgIpc) is 2.47. The van der Waals surface area contributed by atoms with E-state index in [1.165, 1.54) is 0 Å². The summed E-state index contributed by atoms with van der Waals surface area (Å²) >= 11 is 3.20. The van der Waals surface area contributed by atoms with E-state index in [0.29, 0.717) is 17.0 Å². The summed E-state index contributed by atoms with van der Waals surface area (Å²) in [4.78, 5) is 0. The molecule has 0 aromatic heterocycles. The molecular weight excluding hydrogens is 400 g/mol. The Labute approximate surface area is 138 Å². The van der Waals surface area contributed by atoms with Crippen LogP contribution in [0.1, 0.15) is 11.1 Å². The van der Waals surface area contributed by atoms with Gasteiger partial charge in [-0.25, -0.2) is 26.0 Å². The van der Waals surface area contributed by atoms with E-state index in [1.54, 1.807) is 24.3 Å². The predicted octanol–water partition coefficient (Wildman–Crippen LogP) is 4.59. The van der Waals surface area contributed by atoms with Gasteiger partial charge in [-0.3, -0.25) is 0 Å². The maximum Gasteiger partial charge on any atom is 0.175 e. The fraction of sp³-hybridized carbons (Fsp3) is 0.0667. The van der Waals surface area contributed by atoms with Crippen molar-refractivity contribution in [1.82, 2.24) is 0 Å². The summed E-state index contributed by atoms with van der Waals surface area (Å²) in [6, 6.07) is 6.43. The summed E-state index contributed by atoms with van der Waals surface area (Å²) < 4.78 is 77.6.